The largest absolute Gasteiger partial charge is 0.369 e. The van der Waals surface area contributed by atoms with Crippen LogP contribution in [-0.4, -0.2) is 51.3 Å². The van der Waals surface area contributed by atoms with Crippen LogP contribution in [0.4, 0.5) is 5.69 Å². The molecule has 1 saturated heterocycles. The molecule has 0 N–H and O–H groups in total. The summed E-state index contributed by atoms with van der Waals surface area (Å²) in [5.41, 5.74) is 3.81. The Morgan fingerprint density at radius 3 is 2.03 bits per heavy atom. The predicted molar refractivity (Wildman–Crippen MR) is 126 cm³/mol. The number of rotatable bonds is 7. The lowest BCUT2D eigenvalue weighted by Crippen LogP contribution is -2.48. The molecule has 1 aromatic heterocycles. The highest BCUT2D eigenvalue weighted by Gasteiger charge is 2.30. The molecule has 6 heteroatoms. The van der Waals surface area contributed by atoms with Crippen LogP contribution in [0.5, 0.6) is 0 Å². The van der Waals surface area contributed by atoms with Gasteiger partial charge in [0, 0.05) is 38.4 Å². The molecule has 4 aromatic rings. The Bertz CT molecular complexity index is 1090. The van der Waals surface area contributed by atoms with Crippen LogP contribution >= 0.6 is 0 Å². The van der Waals surface area contributed by atoms with Crippen LogP contribution in [0.1, 0.15) is 23.0 Å². The Morgan fingerprint density at radius 1 is 0.719 bits per heavy atom. The van der Waals surface area contributed by atoms with E-state index in [1.165, 1.54) is 16.8 Å². The van der Waals surface area contributed by atoms with Crippen molar-refractivity contribution in [1.29, 1.82) is 0 Å². The first-order valence-corrected chi connectivity index (χ1v) is 11.3. The van der Waals surface area contributed by atoms with E-state index in [2.05, 4.69) is 110 Å². The molecule has 2 heterocycles. The highest BCUT2D eigenvalue weighted by atomic mass is 15.6. The third kappa shape index (κ3) is 4.55. The lowest BCUT2D eigenvalue weighted by Gasteiger charge is -2.39. The van der Waals surface area contributed by atoms with Crippen LogP contribution in [0.2, 0.25) is 0 Å². The third-order valence-corrected chi connectivity index (χ3v) is 6.18. The number of tetrazole rings is 1. The van der Waals surface area contributed by atoms with Crippen molar-refractivity contribution in [3.8, 4) is 0 Å². The number of piperazine rings is 1. The minimum absolute atomic E-state index is 0.0416. The first-order chi connectivity index (χ1) is 15.9. The summed E-state index contributed by atoms with van der Waals surface area (Å²) < 4.78 is 1.98. The van der Waals surface area contributed by atoms with Crippen molar-refractivity contribution in [3.63, 3.8) is 0 Å². The summed E-state index contributed by atoms with van der Waals surface area (Å²) >= 11 is 0. The summed E-state index contributed by atoms with van der Waals surface area (Å²) in [5, 5.41) is 12.9. The standard InChI is InChI=1S/C26H28N6/c1-4-10-22(11-5-1)16-17-32-26(27-28-29-32)25(23-12-6-2-7-13-23)31-20-18-30(19-21-31)24-14-8-3-9-15-24/h1-15,25H,16-21H2. The van der Waals surface area contributed by atoms with Gasteiger partial charge < -0.3 is 4.90 Å². The minimum Gasteiger partial charge on any atom is -0.369 e. The maximum Gasteiger partial charge on any atom is 0.173 e. The van der Waals surface area contributed by atoms with Crippen LogP contribution in [0, 0.1) is 0 Å². The van der Waals surface area contributed by atoms with Crippen molar-refractivity contribution in [2.24, 2.45) is 0 Å². The fourth-order valence-electron chi connectivity index (χ4n) is 4.48. The highest BCUT2D eigenvalue weighted by molar-refractivity contribution is 5.46. The van der Waals surface area contributed by atoms with Gasteiger partial charge in [0.1, 0.15) is 0 Å². The van der Waals surface area contributed by atoms with Gasteiger partial charge in [0.05, 0.1) is 6.04 Å². The molecule has 1 aliphatic rings. The second kappa shape index (κ2) is 9.75. The lowest BCUT2D eigenvalue weighted by molar-refractivity contribution is 0.200. The molecule has 0 radical (unpaired) electrons. The normalized spacial score (nSPS) is 15.6. The van der Waals surface area contributed by atoms with Crippen LogP contribution in [0.25, 0.3) is 0 Å². The Kier molecular flexibility index (Phi) is 6.21. The maximum atomic E-state index is 4.50. The molecule has 162 valence electrons. The van der Waals surface area contributed by atoms with E-state index in [0.717, 1.165) is 45.0 Å². The van der Waals surface area contributed by atoms with Gasteiger partial charge in [-0.25, -0.2) is 4.68 Å². The van der Waals surface area contributed by atoms with Gasteiger partial charge in [-0.3, -0.25) is 4.90 Å². The molecule has 0 saturated carbocycles. The average molecular weight is 425 g/mol. The summed E-state index contributed by atoms with van der Waals surface area (Å²) in [5.74, 6) is 0.917. The highest BCUT2D eigenvalue weighted by Crippen LogP contribution is 2.29. The molecule has 1 aliphatic heterocycles. The molecule has 0 amide bonds. The van der Waals surface area contributed by atoms with E-state index in [1.54, 1.807) is 0 Å². The fraction of sp³-hybridized carbons (Fsp3) is 0.269. The Labute approximate surface area is 189 Å². The molecular formula is C26H28N6. The molecule has 1 atom stereocenters. The molecule has 1 fully saturated rings. The molecule has 0 aliphatic carbocycles. The first kappa shape index (κ1) is 20.4. The SMILES string of the molecule is c1ccc(CCn2nnnc2C(c2ccccc2)N2CCN(c3ccccc3)CC2)cc1. The molecule has 6 nitrogen and oxygen atoms in total. The van der Waals surface area contributed by atoms with Crippen molar-refractivity contribution in [3.05, 3.63) is 108 Å². The molecule has 0 bridgehead atoms. The third-order valence-electron chi connectivity index (χ3n) is 6.18. The summed E-state index contributed by atoms with van der Waals surface area (Å²) in [6, 6.07) is 31.8. The van der Waals surface area contributed by atoms with E-state index >= 15 is 0 Å². The summed E-state index contributed by atoms with van der Waals surface area (Å²) in [6.07, 6.45) is 0.905. The van der Waals surface area contributed by atoms with E-state index < -0.39 is 0 Å². The van der Waals surface area contributed by atoms with E-state index in [-0.39, 0.29) is 6.04 Å². The zero-order valence-electron chi connectivity index (χ0n) is 18.2. The lowest BCUT2D eigenvalue weighted by atomic mass is 10.0. The topological polar surface area (TPSA) is 50.1 Å². The minimum atomic E-state index is 0.0416. The Morgan fingerprint density at radius 2 is 1.34 bits per heavy atom. The van der Waals surface area contributed by atoms with Gasteiger partial charge in [-0.1, -0.05) is 78.9 Å². The molecule has 5 rings (SSSR count). The van der Waals surface area contributed by atoms with Gasteiger partial charge in [-0.2, -0.15) is 0 Å². The number of aromatic nitrogens is 4. The van der Waals surface area contributed by atoms with Crippen LogP contribution in [-0.2, 0) is 13.0 Å². The van der Waals surface area contributed by atoms with Gasteiger partial charge in [0.25, 0.3) is 0 Å². The van der Waals surface area contributed by atoms with Gasteiger partial charge in [0.15, 0.2) is 5.82 Å². The van der Waals surface area contributed by atoms with Gasteiger partial charge in [0.2, 0.25) is 0 Å². The molecule has 0 spiro atoms. The number of hydrogen-bond acceptors (Lipinski definition) is 5. The summed E-state index contributed by atoms with van der Waals surface area (Å²) in [7, 11) is 0. The van der Waals surface area contributed by atoms with E-state index in [0.29, 0.717) is 0 Å². The van der Waals surface area contributed by atoms with Crippen molar-refractivity contribution in [2.45, 2.75) is 19.0 Å². The Hall–Kier alpha value is -3.51. The predicted octanol–water partition coefficient (Wildman–Crippen LogP) is 3.83. The number of aryl methyl sites for hydroxylation is 2. The number of anilines is 1. The summed E-state index contributed by atoms with van der Waals surface area (Å²) in [4.78, 5) is 4.97. The first-order valence-electron chi connectivity index (χ1n) is 11.3. The van der Waals surface area contributed by atoms with E-state index in [4.69, 9.17) is 0 Å². The Balaban J connectivity index is 1.37. The monoisotopic (exact) mass is 424 g/mol. The zero-order valence-corrected chi connectivity index (χ0v) is 18.2. The van der Waals surface area contributed by atoms with Crippen molar-refractivity contribution in [1.82, 2.24) is 25.1 Å². The number of para-hydroxylation sites is 1. The zero-order chi connectivity index (χ0) is 21.6. The van der Waals surface area contributed by atoms with Crippen LogP contribution in [0.15, 0.2) is 91.0 Å². The van der Waals surface area contributed by atoms with Gasteiger partial charge >= 0.3 is 0 Å². The van der Waals surface area contributed by atoms with Crippen molar-refractivity contribution in [2.75, 3.05) is 31.1 Å². The second-order valence-electron chi connectivity index (χ2n) is 8.17. The molecule has 3 aromatic carbocycles. The molecule has 32 heavy (non-hydrogen) atoms. The van der Waals surface area contributed by atoms with E-state index in [1.807, 2.05) is 10.7 Å². The molecule has 1 unspecified atom stereocenters. The number of benzene rings is 3. The van der Waals surface area contributed by atoms with Crippen LogP contribution in [0.3, 0.4) is 0 Å². The summed E-state index contributed by atoms with van der Waals surface area (Å²) in [6.45, 7) is 4.65. The van der Waals surface area contributed by atoms with Gasteiger partial charge in [-0.15, -0.1) is 5.10 Å². The average Bonchev–Trinajstić information content (AvgIpc) is 3.33. The van der Waals surface area contributed by atoms with Crippen molar-refractivity contribution >= 4 is 5.69 Å². The smallest absolute Gasteiger partial charge is 0.173 e. The number of hydrogen-bond donors (Lipinski definition) is 0. The van der Waals surface area contributed by atoms with E-state index in [9.17, 15) is 0 Å². The fourth-order valence-corrected chi connectivity index (χ4v) is 4.48. The number of nitrogens with zero attached hydrogens (tertiary/aromatic N) is 6. The quantitative estimate of drug-likeness (QED) is 0.451. The van der Waals surface area contributed by atoms with Gasteiger partial charge in [-0.05, 0) is 40.1 Å². The van der Waals surface area contributed by atoms with Crippen molar-refractivity contribution < 1.29 is 0 Å². The second-order valence-corrected chi connectivity index (χ2v) is 8.17. The van der Waals surface area contributed by atoms with Crippen LogP contribution < -0.4 is 4.90 Å². The molecular weight excluding hydrogens is 396 g/mol. The maximum absolute atomic E-state index is 4.50.